The minimum Gasteiger partial charge on any atom is -0.482 e. The second-order valence-corrected chi connectivity index (χ2v) is 9.01. The van der Waals surface area contributed by atoms with Crippen LogP contribution in [0.5, 0.6) is 5.75 Å². The van der Waals surface area contributed by atoms with Crippen LogP contribution >= 0.6 is 0 Å². The van der Waals surface area contributed by atoms with Crippen LogP contribution < -0.4 is 4.74 Å². The maximum absolute atomic E-state index is 12.9. The lowest BCUT2D eigenvalue weighted by molar-refractivity contribution is -0.294. The van der Waals surface area contributed by atoms with E-state index >= 15 is 0 Å². The SMILES string of the molecule is Cc1cc(OCC(=O)OCC(F)(F)C(F)(F)F)ccc1[S+](c1ccccc1)c1ccccc1. The Balaban J connectivity index is 1.72. The highest BCUT2D eigenvalue weighted by Gasteiger charge is 2.58. The molecule has 0 aliphatic carbocycles. The van der Waals surface area contributed by atoms with Crippen LogP contribution in [0.15, 0.2) is 93.5 Å². The van der Waals surface area contributed by atoms with Crippen LogP contribution in [0, 0.1) is 6.92 Å². The van der Waals surface area contributed by atoms with Crippen molar-refractivity contribution in [2.24, 2.45) is 0 Å². The van der Waals surface area contributed by atoms with Gasteiger partial charge in [0.05, 0.1) is 10.9 Å². The van der Waals surface area contributed by atoms with Crippen LogP contribution in [0.1, 0.15) is 5.56 Å². The number of rotatable bonds is 8. The van der Waals surface area contributed by atoms with E-state index in [1.54, 1.807) is 12.1 Å². The summed E-state index contributed by atoms with van der Waals surface area (Å²) < 4.78 is 71.5. The first-order chi connectivity index (χ1) is 15.6. The summed E-state index contributed by atoms with van der Waals surface area (Å²) in [5.74, 6) is -6.18. The molecule has 3 aromatic carbocycles. The average Bonchev–Trinajstić information content (AvgIpc) is 2.78. The fourth-order valence-electron chi connectivity index (χ4n) is 2.88. The number of benzene rings is 3. The molecule has 9 heteroatoms. The third-order valence-electron chi connectivity index (χ3n) is 4.51. The van der Waals surface area contributed by atoms with Gasteiger partial charge < -0.3 is 9.47 Å². The summed E-state index contributed by atoms with van der Waals surface area (Å²) in [6, 6.07) is 25.0. The Morgan fingerprint density at radius 1 is 0.848 bits per heavy atom. The Labute approximate surface area is 190 Å². The molecule has 0 atom stereocenters. The Kier molecular flexibility index (Phi) is 7.63. The molecule has 0 amide bonds. The first-order valence-corrected chi connectivity index (χ1v) is 11.0. The van der Waals surface area contributed by atoms with Crippen molar-refractivity contribution in [3.8, 4) is 5.75 Å². The Morgan fingerprint density at radius 3 is 1.88 bits per heavy atom. The highest BCUT2D eigenvalue weighted by atomic mass is 32.2. The lowest BCUT2D eigenvalue weighted by atomic mass is 10.2. The summed E-state index contributed by atoms with van der Waals surface area (Å²) in [5.41, 5.74) is 0.862. The van der Waals surface area contributed by atoms with Gasteiger partial charge in [0.2, 0.25) is 0 Å². The van der Waals surface area contributed by atoms with E-state index in [2.05, 4.69) is 4.74 Å². The van der Waals surface area contributed by atoms with E-state index in [0.717, 1.165) is 20.2 Å². The third-order valence-corrected chi connectivity index (χ3v) is 6.90. The molecule has 0 heterocycles. The molecule has 0 saturated heterocycles. The molecule has 3 aromatic rings. The topological polar surface area (TPSA) is 35.5 Å². The van der Waals surface area contributed by atoms with E-state index in [4.69, 9.17) is 4.74 Å². The van der Waals surface area contributed by atoms with Crippen LogP contribution in [-0.2, 0) is 20.4 Å². The van der Waals surface area contributed by atoms with Crippen LogP contribution in [0.3, 0.4) is 0 Å². The molecule has 0 fully saturated rings. The molecule has 0 radical (unpaired) electrons. The largest absolute Gasteiger partial charge is 0.482 e. The molecule has 3 rings (SSSR count). The molecule has 0 aliphatic heterocycles. The molecule has 0 spiro atoms. The fraction of sp³-hybridized carbons (Fsp3) is 0.208. The number of carbonyl (C=O) groups is 1. The highest BCUT2D eigenvalue weighted by Crippen LogP contribution is 2.36. The predicted molar refractivity (Wildman–Crippen MR) is 114 cm³/mol. The second-order valence-electron chi connectivity index (χ2n) is 7.01. The van der Waals surface area contributed by atoms with Gasteiger partial charge in [-0.2, -0.15) is 22.0 Å². The number of ether oxygens (including phenoxy) is 2. The molecule has 33 heavy (non-hydrogen) atoms. The van der Waals surface area contributed by atoms with Gasteiger partial charge in [0, 0.05) is 5.56 Å². The first kappa shape index (κ1) is 24.6. The lowest BCUT2D eigenvalue weighted by Crippen LogP contribution is -2.41. The Hall–Kier alpha value is -3.07. The van der Waals surface area contributed by atoms with E-state index in [1.807, 2.05) is 73.7 Å². The van der Waals surface area contributed by atoms with Gasteiger partial charge in [-0.05, 0) is 49.4 Å². The van der Waals surface area contributed by atoms with Gasteiger partial charge >= 0.3 is 18.1 Å². The molecule has 0 unspecified atom stereocenters. The summed E-state index contributed by atoms with van der Waals surface area (Å²) in [5, 5.41) is 0. The van der Waals surface area contributed by atoms with Crippen molar-refractivity contribution in [3.63, 3.8) is 0 Å². The number of alkyl halides is 5. The van der Waals surface area contributed by atoms with Gasteiger partial charge in [-0.15, -0.1) is 0 Å². The second kappa shape index (κ2) is 10.2. The van der Waals surface area contributed by atoms with E-state index in [-0.39, 0.29) is 5.75 Å². The van der Waals surface area contributed by atoms with Gasteiger partial charge in [-0.25, -0.2) is 4.79 Å². The minimum atomic E-state index is -5.80. The molecular weight excluding hydrogens is 463 g/mol. The van der Waals surface area contributed by atoms with E-state index < -0.39 is 42.2 Å². The van der Waals surface area contributed by atoms with Gasteiger partial charge in [0.25, 0.3) is 0 Å². The fourth-order valence-corrected chi connectivity index (χ4v) is 5.10. The van der Waals surface area contributed by atoms with Crippen molar-refractivity contribution in [1.29, 1.82) is 0 Å². The van der Waals surface area contributed by atoms with Gasteiger partial charge in [-0.3, -0.25) is 0 Å². The molecular formula is C24H20F5O3S+. The summed E-state index contributed by atoms with van der Waals surface area (Å²) in [6.07, 6.45) is -5.80. The van der Waals surface area contributed by atoms with Crippen molar-refractivity contribution >= 4 is 16.9 Å². The maximum Gasteiger partial charge on any atom is 0.456 e. The summed E-state index contributed by atoms with van der Waals surface area (Å²) in [4.78, 5) is 14.8. The van der Waals surface area contributed by atoms with Crippen LogP contribution in [0.4, 0.5) is 22.0 Å². The molecule has 0 saturated carbocycles. The van der Waals surface area contributed by atoms with Crippen molar-refractivity contribution in [1.82, 2.24) is 0 Å². The predicted octanol–water partition coefficient (Wildman–Crippen LogP) is 6.21. The van der Waals surface area contributed by atoms with Crippen molar-refractivity contribution in [3.05, 3.63) is 84.4 Å². The normalized spacial score (nSPS) is 12.0. The molecule has 0 aliphatic rings. The number of aryl methyl sites for hydroxylation is 1. The van der Waals surface area contributed by atoms with E-state index in [1.165, 1.54) is 0 Å². The van der Waals surface area contributed by atoms with Crippen LogP contribution in [0.25, 0.3) is 0 Å². The molecule has 0 N–H and O–H groups in total. The third kappa shape index (κ3) is 6.25. The van der Waals surface area contributed by atoms with Crippen molar-refractivity contribution in [2.45, 2.75) is 33.7 Å². The molecule has 3 nitrogen and oxygen atoms in total. The lowest BCUT2D eigenvalue weighted by Gasteiger charge is -2.19. The smallest absolute Gasteiger partial charge is 0.456 e. The minimum absolute atomic E-state index is 0.264. The Bertz CT molecular complexity index is 1030. The van der Waals surface area contributed by atoms with Gasteiger partial charge in [0.15, 0.2) is 27.9 Å². The highest BCUT2D eigenvalue weighted by molar-refractivity contribution is 7.97. The first-order valence-electron chi connectivity index (χ1n) is 9.76. The van der Waals surface area contributed by atoms with Crippen molar-refractivity contribution < 1.29 is 36.2 Å². The zero-order valence-corrected chi connectivity index (χ0v) is 18.3. The number of esters is 1. The van der Waals surface area contributed by atoms with Crippen LogP contribution in [-0.4, -0.2) is 31.3 Å². The molecule has 0 bridgehead atoms. The Morgan fingerprint density at radius 2 is 1.39 bits per heavy atom. The monoisotopic (exact) mass is 483 g/mol. The number of hydrogen-bond acceptors (Lipinski definition) is 3. The standard InChI is InChI=1S/C24H20F5O3S/c1-17-14-18(31-15-22(30)32-16-23(25,26)24(27,28)29)12-13-21(17)33(19-8-4-2-5-9-19)20-10-6-3-7-11-20/h2-14H,15-16H2,1H3/q+1. The summed E-state index contributed by atoms with van der Waals surface area (Å²) >= 11 is 0. The average molecular weight is 483 g/mol. The van der Waals surface area contributed by atoms with Crippen LogP contribution in [0.2, 0.25) is 0 Å². The van der Waals surface area contributed by atoms with E-state index in [0.29, 0.717) is 0 Å². The number of halogens is 5. The maximum atomic E-state index is 12.9. The molecule has 174 valence electrons. The van der Waals surface area contributed by atoms with Gasteiger partial charge in [-0.1, -0.05) is 36.4 Å². The van der Waals surface area contributed by atoms with Gasteiger partial charge in [0.1, 0.15) is 5.75 Å². The molecule has 0 aromatic heterocycles. The number of carbonyl (C=O) groups excluding carboxylic acids is 1. The quantitative estimate of drug-likeness (QED) is 0.217. The van der Waals surface area contributed by atoms with E-state index in [9.17, 15) is 26.7 Å². The number of hydrogen-bond donors (Lipinski definition) is 0. The summed E-state index contributed by atoms with van der Waals surface area (Å²) in [6.45, 7) is -1.01. The zero-order valence-electron chi connectivity index (χ0n) is 17.4. The zero-order chi connectivity index (χ0) is 24.1. The van der Waals surface area contributed by atoms with Crippen molar-refractivity contribution in [2.75, 3.05) is 13.2 Å². The summed E-state index contributed by atoms with van der Waals surface area (Å²) in [7, 11) is -0.406.